The Kier molecular flexibility index (Phi) is 3.16. The first-order valence-electron chi connectivity index (χ1n) is 6.39. The summed E-state index contributed by atoms with van der Waals surface area (Å²) >= 11 is 0. The van der Waals surface area contributed by atoms with Crippen LogP contribution in [0, 0.1) is 0 Å². The molecular weight excluding hydrogens is 295 g/mol. The summed E-state index contributed by atoms with van der Waals surface area (Å²) in [5, 5.41) is 9.49. The van der Waals surface area contributed by atoms with Gasteiger partial charge in [-0.1, -0.05) is 24.3 Å². The Morgan fingerprint density at radius 1 is 1.09 bits per heavy atom. The molecule has 0 bridgehead atoms. The van der Waals surface area contributed by atoms with Gasteiger partial charge < -0.3 is 10.1 Å². The number of aromatic nitrogens is 1. The molecule has 0 atom stereocenters. The van der Waals surface area contributed by atoms with Gasteiger partial charge in [-0.15, -0.1) is 0 Å². The van der Waals surface area contributed by atoms with E-state index in [0.29, 0.717) is 16.5 Å². The number of nitrogens with one attached hydrogen (secondary N) is 1. The first kappa shape index (κ1) is 14.2. The van der Waals surface area contributed by atoms with Gasteiger partial charge in [0.15, 0.2) is 0 Å². The Morgan fingerprint density at radius 3 is 2.50 bits per heavy atom. The molecule has 0 saturated heterocycles. The zero-order valence-corrected chi connectivity index (χ0v) is 11.1. The Labute approximate surface area is 123 Å². The molecule has 3 rings (SSSR count). The van der Waals surface area contributed by atoms with Gasteiger partial charge in [-0.25, -0.2) is 4.79 Å². The quantitative estimate of drug-likeness (QED) is 0.729. The maximum absolute atomic E-state index is 13.1. The molecule has 0 radical (unpaired) electrons. The molecule has 3 aromatic rings. The highest BCUT2D eigenvalue weighted by atomic mass is 19.4. The van der Waals surface area contributed by atoms with E-state index in [9.17, 15) is 18.0 Å². The Bertz CT molecular complexity index is 865. The van der Waals surface area contributed by atoms with Crippen molar-refractivity contribution in [2.24, 2.45) is 0 Å². The molecule has 0 spiro atoms. The third kappa shape index (κ3) is 2.32. The normalized spacial score (nSPS) is 11.8. The first-order chi connectivity index (χ1) is 10.4. The minimum atomic E-state index is -4.47. The van der Waals surface area contributed by atoms with Gasteiger partial charge in [-0.05, 0) is 29.3 Å². The van der Waals surface area contributed by atoms with E-state index in [2.05, 4.69) is 4.98 Å². The van der Waals surface area contributed by atoms with Gasteiger partial charge in [0.05, 0.1) is 11.1 Å². The number of carbonyl (C=O) groups is 1. The molecule has 3 nitrogen and oxygen atoms in total. The lowest BCUT2D eigenvalue weighted by molar-refractivity contribution is -0.137. The molecule has 6 heteroatoms. The predicted octanol–water partition coefficient (Wildman–Crippen LogP) is 4.55. The van der Waals surface area contributed by atoms with Crippen LogP contribution in [0.3, 0.4) is 0 Å². The van der Waals surface area contributed by atoms with Gasteiger partial charge >= 0.3 is 12.1 Å². The van der Waals surface area contributed by atoms with E-state index in [1.807, 2.05) is 0 Å². The van der Waals surface area contributed by atoms with E-state index >= 15 is 0 Å². The van der Waals surface area contributed by atoms with E-state index in [1.54, 1.807) is 6.07 Å². The number of carboxylic acid groups (broad SMARTS) is 1. The molecule has 0 aliphatic carbocycles. The average molecular weight is 305 g/mol. The number of carboxylic acids is 1. The van der Waals surface area contributed by atoms with Crippen LogP contribution in [0.15, 0.2) is 48.7 Å². The third-order valence-corrected chi connectivity index (χ3v) is 3.46. The average Bonchev–Trinajstić information content (AvgIpc) is 2.89. The highest BCUT2D eigenvalue weighted by Crippen LogP contribution is 2.37. The van der Waals surface area contributed by atoms with Gasteiger partial charge in [-0.2, -0.15) is 13.2 Å². The topological polar surface area (TPSA) is 53.1 Å². The number of hydrogen-bond donors (Lipinski definition) is 2. The number of rotatable bonds is 2. The molecule has 0 aliphatic heterocycles. The first-order valence-corrected chi connectivity index (χ1v) is 6.39. The molecule has 0 amide bonds. The number of alkyl halides is 3. The van der Waals surface area contributed by atoms with Crippen molar-refractivity contribution in [1.29, 1.82) is 0 Å². The number of H-pyrrole nitrogens is 1. The van der Waals surface area contributed by atoms with Crippen LogP contribution in [0.2, 0.25) is 0 Å². The van der Waals surface area contributed by atoms with Gasteiger partial charge in [0.25, 0.3) is 0 Å². The van der Waals surface area contributed by atoms with Gasteiger partial charge in [0, 0.05) is 17.1 Å². The summed E-state index contributed by atoms with van der Waals surface area (Å²) in [7, 11) is 0. The van der Waals surface area contributed by atoms with Crippen molar-refractivity contribution < 1.29 is 23.1 Å². The monoisotopic (exact) mass is 305 g/mol. The summed E-state index contributed by atoms with van der Waals surface area (Å²) in [6, 6.07) is 9.79. The fraction of sp³-hybridized carbons (Fsp3) is 0.0625. The van der Waals surface area contributed by atoms with Crippen LogP contribution in [-0.4, -0.2) is 16.1 Å². The van der Waals surface area contributed by atoms with E-state index in [-0.39, 0.29) is 11.1 Å². The van der Waals surface area contributed by atoms with Crippen LogP contribution >= 0.6 is 0 Å². The Hall–Kier alpha value is -2.76. The number of aromatic carboxylic acids is 1. The number of fused-ring (bicyclic) bond motifs is 1. The molecular formula is C16H10F3NO2. The molecule has 1 aromatic heterocycles. The van der Waals surface area contributed by atoms with Crippen molar-refractivity contribution in [3.05, 3.63) is 59.8 Å². The van der Waals surface area contributed by atoms with Crippen molar-refractivity contribution in [2.45, 2.75) is 6.18 Å². The molecule has 22 heavy (non-hydrogen) atoms. The number of benzene rings is 2. The van der Waals surface area contributed by atoms with E-state index in [0.717, 1.165) is 6.07 Å². The van der Waals surface area contributed by atoms with Crippen LogP contribution in [0.4, 0.5) is 13.2 Å². The van der Waals surface area contributed by atoms with Crippen LogP contribution in [0.5, 0.6) is 0 Å². The van der Waals surface area contributed by atoms with Crippen molar-refractivity contribution in [2.75, 3.05) is 0 Å². The van der Waals surface area contributed by atoms with Crippen molar-refractivity contribution in [3.8, 4) is 11.1 Å². The molecule has 0 aliphatic rings. The minimum absolute atomic E-state index is 0.0226. The lowest BCUT2D eigenvalue weighted by atomic mass is 9.97. The molecule has 0 fully saturated rings. The van der Waals surface area contributed by atoms with Crippen LogP contribution in [0.1, 0.15) is 15.9 Å². The third-order valence-electron chi connectivity index (χ3n) is 3.46. The van der Waals surface area contributed by atoms with E-state index < -0.39 is 17.7 Å². The zero-order chi connectivity index (χ0) is 15.9. The van der Waals surface area contributed by atoms with E-state index in [1.165, 1.54) is 36.5 Å². The summed E-state index contributed by atoms with van der Waals surface area (Å²) in [4.78, 5) is 13.9. The molecule has 2 aromatic carbocycles. The summed E-state index contributed by atoms with van der Waals surface area (Å²) in [5.74, 6) is -1.13. The van der Waals surface area contributed by atoms with Crippen LogP contribution in [0.25, 0.3) is 22.0 Å². The largest absolute Gasteiger partial charge is 0.478 e. The lowest BCUT2D eigenvalue weighted by Gasteiger charge is -2.13. The van der Waals surface area contributed by atoms with Gasteiger partial charge in [-0.3, -0.25) is 0 Å². The zero-order valence-electron chi connectivity index (χ0n) is 11.1. The second kappa shape index (κ2) is 4.91. The fourth-order valence-electron chi connectivity index (χ4n) is 2.45. The van der Waals surface area contributed by atoms with Crippen molar-refractivity contribution >= 4 is 16.9 Å². The van der Waals surface area contributed by atoms with Crippen molar-refractivity contribution in [1.82, 2.24) is 4.98 Å². The second-order valence-corrected chi connectivity index (χ2v) is 4.81. The number of hydrogen-bond acceptors (Lipinski definition) is 1. The number of halogens is 3. The summed E-state index contributed by atoms with van der Waals surface area (Å²) in [5.41, 5.74) is 0.186. The fourth-order valence-corrected chi connectivity index (χ4v) is 2.45. The molecule has 0 saturated carbocycles. The maximum Gasteiger partial charge on any atom is 0.417 e. The highest BCUT2D eigenvalue weighted by Gasteiger charge is 2.33. The summed E-state index contributed by atoms with van der Waals surface area (Å²) in [6.07, 6.45) is -3.15. The second-order valence-electron chi connectivity index (χ2n) is 4.81. The standard InChI is InChI=1S/C16H10F3NO2/c17-16(18,19)13-4-2-1-3-10(13)9-5-6-14-11(7-9)12(8-20-14)15(21)22/h1-8,20H,(H,21,22). The Balaban J connectivity index is 2.23. The van der Waals surface area contributed by atoms with Crippen molar-refractivity contribution in [3.63, 3.8) is 0 Å². The van der Waals surface area contributed by atoms with Gasteiger partial charge in [0.1, 0.15) is 0 Å². The summed E-state index contributed by atoms with van der Waals surface area (Å²) in [6.45, 7) is 0. The predicted molar refractivity (Wildman–Crippen MR) is 75.7 cm³/mol. The summed E-state index contributed by atoms with van der Waals surface area (Å²) < 4.78 is 39.3. The SMILES string of the molecule is O=C(O)c1c[nH]c2ccc(-c3ccccc3C(F)(F)F)cc12. The maximum atomic E-state index is 13.1. The van der Waals surface area contributed by atoms with E-state index in [4.69, 9.17) is 5.11 Å². The molecule has 1 heterocycles. The molecule has 2 N–H and O–H groups in total. The highest BCUT2D eigenvalue weighted by molar-refractivity contribution is 6.04. The number of aromatic amines is 1. The minimum Gasteiger partial charge on any atom is -0.478 e. The van der Waals surface area contributed by atoms with Gasteiger partial charge in [0.2, 0.25) is 0 Å². The Morgan fingerprint density at radius 2 is 1.82 bits per heavy atom. The molecule has 112 valence electrons. The van der Waals surface area contributed by atoms with Crippen LogP contribution < -0.4 is 0 Å². The van der Waals surface area contributed by atoms with Crippen LogP contribution in [-0.2, 0) is 6.18 Å². The molecule has 0 unspecified atom stereocenters. The lowest BCUT2D eigenvalue weighted by Crippen LogP contribution is -2.06. The smallest absolute Gasteiger partial charge is 0.417 e.